The van der Waals surface area contributed by atoms with E-state index in [-0.39, 0.29) is 31.1 Å². The molecule has 0 aliphatic carbocycles. The van der Waals surface area contributed by atoms with Crippen LogP contribution < -0.4 is 0 Å². The molecule has 0 aromatic rings. The summed E-state index contributed by atoms with van der Waals surface area (Å²) in [5.41, 5.74) is 0. The van der Waals surface area contributed by atoms with Crippen LogP contribution in [0.4, 0.5) is 0 Å². The molecule has 0 saturated carbocycles. The SMILES string of the molecule is CC\C=C/C=C\C=C/CCCCCCCC(=O)OCC(COC(=O)CCCCCCCCCCCCCCCCCCC)OC(=O)CCCCCCCCCCCCCCCCCCC. The van der Waals surface area contributed by atoms with E-state index in [1.165, 1.54) is 180 Å². The molecule has 0 aromatic carbocycles. The number of hydrogen-bond acceptors (Lipinski definition) is 6. The number of hydrogen-bond donors (Lipinski definition) is 0. The largest absolute Gasteiger partial charge is 0.462 e. The summed E-state index contributed by atoms with van der Waals surface area (Å²) in [6.07, 6.45) is 64.2. The van der Waals surface area contributed by atoms with Crippen LogP contribution >= 0.6 is 0 Å². The quantitative estimate of drug-likeness (QED) is 0.0262. The predicted octanol–water partition coefficient (Wildman–Crippen LogP) is 18.9. The minimum absolute atomic E-state index is 0.0739. The molecular formula is C59H108O6. The molecule has 0 rings (SSSR count). The highest BCUT2D eigenvalue weighted by molar-refractivity contribution is 5.71. The van der Waals surface area contributed by atoms with Crippen molar-refractivity contribution in [2.45, 2.75) is 309 Å². The van der Waals surface area contributed by atoms with Crippen molar-refractivity contribution in [2.75, 3.05) is 13.2 Å². The van der Waals surface area contributed by atoms with E-state index < -0.39 is 6.10 Å². The van der Waals surface area contributed by atoms with Crippen molar-refractivity contribution in [3.8, 4) is 0 Å². The Hall–Kier alpha value is -2.37. The summed E-state index contributed by atoms with van der Waals surface area (Å²) < 4.78 is 16.9. The van der Waals surface area contributed by atoms with E-state index in [1.807, 2.05) is 0 Å². The van der Waals surface area contributed by atoms with Crippen LogP contribution in [0.5, 0.6) is 0 Å². The Morgan fingerprint density at radius 3 is 0.923 bits per heavy atom. The van der Waals surface area contributed by atoms with Crippen molar-refractivity contribution < 1.29 is 28.6 Å². The lowest BCUT2D eigenvalue weighted by molar-refractivity contribution is -0.167. The summed E-state index contributed by atoms with van der Waals surface area (Å²) in [6, 6.07) is 0. The topological polar surface area (TPSA) is 78.9 Å². The Kier molecular flexibility index (Phi) is 52.3. The Morgan fingerprint density at radius 1 is 0.323 bits per heavy atom. The zero-order chi connectivity index (χ0) is 47.2. The molecule has 6 nitrogen and oxygen atoms in total. The zero-order valence-electron chi connectivity index (χ0n) is 43.5. The Labute approximate surface area is 404 Å². The van der Waals surface area contributed by atoms with Crippen LogP contribution in [0.25, 0.3) is 0 Å². The summed E-state index contributed by atoms with van der Waals surface area (Å²) in [5.74, 6) is -0.876. The van der Waals surface area contributed by atoms with Gasteiger partial charge in [-0.25, -0.2) is 0 Å². The first kappa shape index (κ1) is 62.6. The number of carbonyl (C=O) groups is 3. The van der Waals surface area contributed by atoms with Crippen LogP contribution in [0.3, 0.4) is 0 Å². The maximum Gasteiger partial charge on any atom is 0.306 e. The third-order valence-electron chi connectivity index (χ3n) is 12.7. The fourth-order valence-corrected chi connectivity index (χ4v) is 8.45. The Balaban J connectivity index is 4.33. The van der Waals surface area contributed by atoms with Gasteiger partial charge in [-0.2, -0.15) is 0 Å². The minimum atomic E-state index is -0.776. The van der Waals surface area contributed by atoms with E-state index >= 15 is 0 Å². The summed E-state index contributed by atoms with van der Waals surface area (Å²) in [5, 5.41) is 0. The van der Waals surface area contributed by atoms with Crippen molar-refractivity contribution in [3.63, 3.8) is 0 Å². The normalized spacial score (nSPS) is 12.2. The molecule has 0 radical (unpaired) electrons. The average Bonchev–Trinajstić information content (AvgIpc) is 3.30. The molecule has 1 unspecified atom stereocenters. The minimum Gasteiger partial charge on any atom is -0.462 e. The Bertz CT molecular complexity index is 1090. The van der Waals surface area contributed by atoms with Crippen molar-refractivity contribution >= 4 is 17.9 Å². The molecule has 1 atom stereocenters. The molecule has 0 fully saturated rings. The van der Waals surface area contributed by atoms with Gasteiger partial charge in [-0.05, 0) is 38.5 Å². The number of unbranched alkanes of at least 4 members (excludes halogenated alkanes) is 37. The summed E-state index contributed by atoms with van der Waals surface area (Å²) in [4.78, 5) is 38.1. The van der Waals surface area contributed by atoms with E-state index in [0.717, 1.165) is 83.5 Å². The highest BCUT2D eigenvalue weighted by atomic mass is 16.6. The molecule has 0 bridgehead atoms. The maximum absolute atomic E-state index is 12.8. The lowest BCUT2D eigenvalue weighted by atomic mass is 10.0. The average molecular weight is 914 g/mol. The van der Waals surface area contributed by atoms with Gasteiger partial charge < -0.3 is 14.2 Å². The predicted molar refractivity (Wildman–Crippen MR) is 279 cm³/mol. The van der Waals surface area contributed by atoms with Gasteiger partial charge in [0, 0.05) is 19.3 Å². The fourth-order valence-electron chi connectivity index (χ4n) is 8.45. The highest BCUT2D eigenvalue weighted by Crippen LogP contribution is 2.17. The second-order valence-corrected chi connectivity index (χ2v) is 19.2. The summed E-state index contributed by atoms with van der Waals surface area (Å²) >= 11 is 0. The third kappa shape index (κ3) is 52.5. The summed E-state index contributed by atoms with van der Waals surface area (Å²) in [6.45, 7) is 6.54. The molecule has 0 aromatic heterocycles. The first-order valence-corrected chi connectivity index (χ1v) is 28.5. The number of carbonyl (C=O) groups excluding carboxylic acids is 3. The molecule has 65 heavy (non-hydrogen) atoms. The monoisotopic (exact) mass is 913 g/mol. The van der Waals surface area contributed by atoms with Gasteiger partial charge in [0.1, 0.15) is 13.2 Å². The van der Waals surface area contributed by atoms with Gasteiger partial charge in [-0.3, -0.25) is 14.4 Å². The van der Waals surface area contributed by atoms with Gasteiger partial charge in [0.05, 0.1) is 0 Å². The van der Waals surface area contributed by atoms with Crippen LogP contribution in [-0.2, 0) is 28.6 Å². The van der Waals surface area contributed by atoms with Crippen molar-refractivity contribution in [1.29, 1.82) is 0 Å². The lowest BCUT2D eigenvalue weighted by Crippen LogP contribution is -2.30. The van der Waals surface area contributed by atoms with E-state index in [4.69, 9.17) is 14.2 Å². The number of ether oxygens (including phenoxy) is 3. The van der Waals surface area contributed by atoms with Gasteiger partial charge in [0.25, 0.3) is 0 Å². The first-order valence-electron chi connectivity index (χ1n) is 28.5. The number of rotatable bonds is 52. The van der Waals surface area contributed by atoms with Crippen LogP contribution in [-0.4, -0.2) is 37.2 Å². The molecule has 0 saturated heterocycles. The van der Waals surface area contributed by atoms with E-state index in [9.17, 15) is 14.4 Å². The summed E-state index contributed by atoms with van der Waals surface area (Å²) in [7, 11) is 0. The molecule has 0 amide bonds. The third-order valence-corrected chi connectivity index (χ3v) is 12.7. The smallest absolute Gasteiger partial charge is 0.306 e. The van der Waals surface area contributed by atoms with Crippen LogP contribution in [0.15, 0.2) is 36.5 Å². The van der Waals surface area contributed by atoms with Gasteiger partial charge in [0.15, 0.2) is 6.10 Å². The van der Waals surface area contributed by atoms with Crippen molar-refractivity contribution in [2.24, 2.45) is 0 Å². The van der Waals surface area contributed by atoms with Gasteiger partial charge in [0.2, 0.25) is 0 Å². The second-order valence-electron chi connectivity index (χ2n) is 19.2. The van der Waals surface area contributed by atoms with Gasteiger partial charge in [-0.1, -0.05) is 282 Å². The molecule has 0 aliphatic heterocycles. The Morgan fingerprint density at radius 2 is 0.600 bits per heavy atom. The van der Waals surface area contributed by atoms with Gasteiger partial charge in [-0.15, -0.1) is 0 Å². The maximum atomic E-state index is 12.8. The molecule has 0 N–H and O–H groups in total. The first-order chi connectivity index (χ1) is 32.0. The zero-order valence-corrected chi connectivity index (χ0v) is 43.5. The molecule has 0 aliphatic rings. The van der Waals surface area contributed by atoms with E-state index in [0.29, 0.717) is 19.3 Å². The van der Waals surface area contributed by atoms with E-state index in [1.54, 1.807) is 0 Å². The highest BCUT2D eigenvalue weighted by Gasteiger charge is 2.19. The second kappa shape index (κ2) is 54.2. The molecule has 380 valence electrons. The number of esters is 3. The van der Waals surface area contributed by atoms with Crippen molar-refractivity contribution in [1.82, 2.24) is 0 Å². The van der Waals surface area contributed by atoms with Crippen LogP contribution in [0.2, 0.25) is 0 Å². The lowest BCUT2D eigenvalue weighted by Gasteiger charge is -2.18. The number of allylic oxidation sites excluding steroid dienone is 6. The molecular weight excluding hydrogens is 805 g/mol. The fraction of sp³-hybridized carbons (Fsp3) is 0.847. The van der Waals surface area contributed by atoms with Crippen LogP contribution in [0.1, 0.15) is 303 Å². The van der Waals surface area contributed by atoms with Crippen LogP contribution in [0, 0.1) is 0 Å². The van der Waals surface area contributed by atoms with Crippen molar-refractivity contribution in [3.05, 3.63) is 36.5 Å². The molecule has 0 spiro atoms. The molecule has 0 heterocycles. The molecule has 6 heteroatoms. The standard InChI is InChI=1S/C59H108O6/c1-4-7-10-13-16-19-22-25-27-29-31-34-37-40-43-46-49-52-58(61)64-55-56(54-63-57(60)51-48-45-42-39-36-33-24-21-18-15-12-9-6-3)65-59(62)53-50-47-44-41-38-35-32-30-28-26-23-20-17-14-11-8-5-2/h9,12,15,18,21,24,56H,4-8,10-11,13-14,16-17,19-20,22-23,25-55H2,1-3H3/b12-9-,18-15-,24-21-. The van der Waals surface area contributed by atoms with Gasteiger partial charge >= 0.3 is 17.9 Å². The van der Waals surface area contributed by atoms with E-state index in [2.05, 4.69) is 57.2 Å².